The molecular weight excluding hydrogens is 341 g/mol. The molecule has 0 bridgehead atoms. The average molecular weight is 352 g/mol. The van der Waals surface area contributed by atoms with Crippen LogP contribution in [-0.2, 0) is 0 Å². The second kappa shape index (κ2) is 5.37. The third-order valence-corrected chi connectivity index (χ3v) is 4.12. The molecule has 0 radical (unpaired) electrons. The van der Waals surface area contributed by atoms with Crippen LogP contribution in [0.25, 0.3) is 0 Å². The molecule has 2 aromatic rings. The van der Waals surface area contributed by atoms with E-state index >= 15 is 0 Å². The average Bonchev–Trinajstić information content (AvgIpc) is 2.87. The molecule has 0 saturated carbocycles. The molecular formula is C15H11BrFNO3. The topological polar surface area (TPSA) is 58.6 Å². The van der Waals surface area contributed by atoms with Gasteiger partial charge in [0.25, 0.3) is 0 Å². The van der Waals surface area contributed by atoms with E-state index in [0.29, 0.717) is 6.61 Å². The molecule has 1 atom stereocenters. The first kappa shape index (κ1) is 13.9. The monoisotopic (exact) mass is 351 g/mol. The summed E-state index contributed by atoms with van der Waals surface area (Å²) in [6.07, 6.45) is 0. The normalized spacial score (nSPS) is 16.2. The van der Waals surface area contributed by atoms with Gasteiger partial charge in [-0.05, 0) is 34.1 Å². The molecule has 108 valence electrons. The standard InChI is InChI=1S/C15H11BrFNO3/c16-13-9(15(19)20)5-6-10(14(13)17)18-11-7-21-12-4-2-1-3-8(11)12/h1-6,11,18H,7H2,(H,19,20). The van der Waals surface area contributed by atoms with Crippen LogP contribution in [0, 0.1) is 5.82 Å². The van der Waals surface area contributed by atoms with Crippen molar-refractivity contribution in [3.8, 4) is 5.75 Å². The van der Waals surface area contributed by atoms with Crippen molar-refractivity contribution in [2.24, 2.45) is 0 Å². The number of ether oxygens (including phenoxy) is 1. The quantitative estimate of drug-likeness (QED) is 0.882. The number of aromatic carboxylic acids is 1. The van der Waals surface area contributed by atoms with Gasteiger partial charge in [-0.2, -0.15) is 0 Å². The number of hydrogen-bond donors (Lipinski definition) is 2. The van der Waals surface area contributed by atoms with Crippen LogP contribution in [-0.4, -0.2) is 17.7 Å². The number of carboxylic acids is 1. The summed E-state index contributed by atoms with van der Waals surface area (Å²) in [4.78, 5) is 11.0. The van der Waals surface area contributed by atoms with Gasteiger partial charge in [0.15, 0.2) is 5.82 Å². The van der Waals surface area contributed by atoms with Crippen molar-refractivity contribution in [3.05, 3.63) is 57.8 Å². The highest BCUT2D eigenvalue weighted by atomic mass is 79.9. The van der Waals surface area contributed by atoms with Crippen LogP contribution in [0.4, 0.5) is 10.1 Å². The molecule has 6 heteroatoms. The molecule has 2 aromatic carbocycles. The van der Waals surface area contributed by atoms with Gasteiger partial charge in [0.05, 0.1) is 21.8 Å². The van der Waals surface area contributed by atoms with E-state index in [1.807, 2.05) is 24.3 Å². The van der Waals surface area contributed by atoms with Crippen molar-refractivity contribution in [3.63, 3.8) is 0 Å². The Hall–Kier alpha value is -2.08. The van der Waals surface area contributed by atoms with Crippen molar-refractivity contribution in [2.45, 2.75) is 6.04 Å². The summed E-state index contributed by atoms with van der Waals surface area (Å²) in [5, 5.41) is 12.0. The lowest BCUT2D eigenvalue weighted by Gasteiger charge is -2.15. The van der Waals surface area contributed by atoms with Crippen LogP contribution in [0.15, 0.2) is 40.9 Å². The number of hydrogen-bond acceptors (Lipinski definition) is 3. The van der Waals surface area contributed by atoms with E-state index in [1.165, 1.54) is 12.1 Å². The van der Waals surface area contributed by atoms with Crippen LogP contribution in [0.2, 0.25) is 0 Å². The number of anilines is 1. The first-order valence-corrected chi connectivity index (χ1v) is 7.07. The molecule has 0 aromatic heterocycles. The molecule has 0 fully saturated rings. The molecule has 1 heterocycles. The van der Waals surface area contributed by atoms with E-state index < -0.39 is 11.8 Å². The lowest BCUT2D eigenvalue weighted by atomic mass is 10.1. The van der Waals surface area contributed by atoms with Gasteiger partial charge in [-0.15, -0.1) is 0 Å². The van der Waals surface area contributed by atoms with Gasteiger partial charge in [0.2, 0.25) is 0 Å². The predicted molar refractivity (Wildman–Crippen MR) is 79.4 cm³/mol. The van der Waals surface area contributed by atoms with Crippen molar-refractivity contribution < 1.29 is 19.0 Å². The van der Waals surface area contributed by atoms with E-state index in [4.69, 9.17) is 9.84 Å². The van der Waals surface area contributed by atoms with Gasteiger partial charge in [0, 0.05) is 5.56 Å². The SMILES string of the molecule is O=C(O)c1ccc(NC2COc3ccccc32)c(F)c1Br. The zero-order chi connectivity index (χ0) is 15.0. The van der Waals surface area contributed by atoms with Gasteiger partial charge < -0.3 is 15.2 Å². The number of nitrogens with one attached hydrogen (secondary N) is 1. The first-order chi connectivity index (χ1) is 10.1. The highest BCUT2D eigenvalue weighted by Crippen LogP contribution is 2.36. The Morgan fingerprint density at radius 2 is 2.10 bits per heavy atom. The minimum Gasteiger partial charge on any atom is -0.491 e. The van der Waals surface area contributed by atoms with Gasteiger partial charge in [-0.1, -0.05) is 18.2 Å². The minimum absolute atomic E-state index is 0.0628. The number of rotatable bonds is 3. The summed E-state index contributed by atoms with van der Waals surface area (Å²) in [6.45, 7) is 0.400. The van der Waals surface area contributed by atoms with Gasteiger partial charge >= 0.3 is 5.97 Å². The molecule has 4 nitrogen and oxygen atoms in total. The van der Waals surface area contributed by atoms with E-state index in [2.05, 4.69) is 21.2 Å². The fraction of sp³-hybridized carbons (Fsp3) is 0.133. The van der Waals surface area contributed by atoms with Crippen LogP contribution < -0.4 is 10.1 Å². The summed E-state index contributed by atoms with van der Waals surface area (Å²) in [6, 6.07) is 10.2. The summed E-state index contributed by atoms with van der Waals surface area (Å²) in [7, 11) is 0. The maximum absolute atomic E-state index is 14.2. The van der Waals surface area contributed by atoms with Crippen LogP contribution >= 0.6 is 15.9 Å². The Labute approximate surface area is 128 Å². The number of benzene rings is 2. The van der Waals surface area contributed by atoms with Crippen LogP contribution in [0.1, 0.15) is 22.0 Å². The van der Waals surface area contributed by atoms with Gasteiger partial charge in [-0.3, -0.25) is 0 Å². The smallest absolute Gasteiger partial charge is 0.336 e. The molecule has 2 N–H and O–H groups in total. The fourth-order valence-corrected chi connectivity index (χ4v) is 2.81. The van der Waals surface area contributed by atoms with Crippen molar-refractivity contribution >= 4 is 27.6 Å². The number of fused-ring (bicyclic) bond motifs is 1. The number of carboxylic acid groups (broad SMARTS) is 1. The predicted octanol–water partition coefficient (Wildman–Crippen LogP) is 3.83. The molecule has 0 spiro atoms. The maximum atomic E-state index is 14.2. The Morgan fingerprint density at radius 3 is 2.86 bits per heavy atom. The Kier molecular flexibility index (Phi) is 3.55. The summed E-state index contributed by atoms with van der Waals surface area (Å²) in [5.74, 6) is -1.03. The molecule has 21 heavy (non-hydrogen) atoms. The van der Waals surface area contributed by atoms with E-state index in [0.717, 1.165) is 11.3 Å². The third kappa shape index (κ3) is 2.47. The zero-order valence-corrected chi connectivity index (χ0v) is 12.4. The molecule has 3 rings (SSSR count). The second-order valence-electron chi connectivity index (χ2n) is 4.64. The second-order valence-corrected chi connectivity index (χ2v) is 5.43. The lowest BCUT2D eigenvalue weighted by Crippen LogP contribution is -2.13. The van der Waals surface area contributed by atoms with Crippen molar-refractivity contribution in [1.29, 1.82) is 0 Å². The van der Waals surface area contributed by atoms with Crippen molar-refractivity contribution in [1.82, 2.24) is 0 Å². The van der Waals surface area contributed by atoms with Gasteiger partial charge in [0.1, 0.15) is 12.4 Å². The Bertz CT molecular complexity index is 720. The largest absolute Gasteiger partial charge is 0.491 e. The number of para-hydroxylation sites is 1. The summed E-state index contributed by atoms with van der Waals surface area (Å²) < 4.78 is 19.7. The van der Waals surface area contributed by atoms with Gasteiger partial charge in [-0.25, -0.2) is 9.18 Å². The Balaban J connectivity index is 1.90. The van der Waals surface area contributed by atoms with Crippen LogP contribution in [0.5, 0.6) is 5.75 Å². The maximum Gasteiger partial charge on any atom is 0.336 e. The summed E-state index contributed by atoms with van der Waals surface area (Å²) >= 11 is 2.99. The highest BCUT2D eigenvalue weighted by Gasteiger charge is 2.25. The molecule has 0 amide bonds. The van der Waals surface area contributed by atoms with Crippen molar-refractivity contribution in [2.75, 3.05) is 11.9 Å². The molecule has 0 aliphatic carbocycles. The Morgan fingerprint density at radius 1 is 1.33 bits per heavy atom. The molecule has 1 unspecified atom stereocenters. The zero-order valence-electron chi connectivity index (χ0n) is 10.8. The lowest BCUT2D eigenvalue weighted by molar-refractivity contribution is 0.0695. The minimum atomic E-state index is -1.18. The number of halogens is 2. The molecule has 0 saturated heterocycles. The van der Waals surface area contributed by atoms with Crippen LogP contribution in [0.3, 0.4) is 0 Å². The fourth-order valence-electron chi connectivity index (χ4n) is 2.30. The van der Waals surface area contributed by atoms with E-state index in [-0.39, 0.29) is 21.8 Å². The summed E-state index contributed by atoms with van der Waals surface area (Å²) in [5.41, 5.74) is 1.08. The van der Waals surface area contributed by atoms with E-state index in [9.17, 15) is 9.18 Å². The molecule has 1 aliphatic heterocycles. The highest BCUT2D eigenvalue weighted by molar-refractivity contribution is 9.10. The van der Waals surface area contributed by atoms with E-state index in [1.54, 1.807) is 0 Å². The number of carbonyl (C=O) groups is 1. The molecule has 1 aliphatic rings. The third-order valence-electron chi connectivity index (χ3n) is 3.34. The first-order valence-electron chi connectivity index (χ1n) is 6.27.